The molecular formula is C30H54. The summed E-state index contributed by atoms with van der Waals surface area (Å²) in [5.74, 6) is 9.66. The third-order valence-electron chi connectivity index (χ3n) is 12.6. The SMILES string of the molecule is CC(C)C(C)[C@@H](C)C[C@@H](C)[C@]1(C)CCC2C3CCC4[C@@H](C)CCC[C@]4(C)C3CCC21. The Hall–Kier alpha value is 0. The summed E-state index contributed by atoms with van der Waals surface area (Å²) >= 11 is 0. The molecule has 6 unspecified atom stereocenters. The van der Waals surface area contributed by atoms with E-state index in [2.05, 4.69) is 55.4 Å². The zero-order chi connectivity index (χ0) is 21.8. The zero-order valence-corrected chi connectivity index (χ0v) is 21.8. The van der Waals surface area contributed by atoms with Crippen molar-refractivity contribution in [2.45, 2.75) is 120 Å². The van der Waals surface area contributed by atoms with Gasteiger partial charge in [-0.3, -0.25) is 0 Å². The van der Waals surface area contributed by atoms with Gasteiger partial charge in [0.25, 0.3) is 0 Å². The van der Waals surface area contributed by atoms with E-state index in [0.717, 1.165) is 59.2 Å². The van der Waals surface area contributed by atoms with Crippen LogP contribution in [-0.4, -0.2) is 0 Å². The second-order valence-electron chi connectivity index (χ2n) is 13.9. The molecule has 0 N–H and O–H groups in total. The normalized spacial score (nSPS) is 49.1. The molecule has 0 aliphatic heterocycles. The van der Waals surface area contributed by atoms with Gasteiger partial charge in [0.2, 0.25) is 0 Å². The first-order valence-corrected chi connectivity index (χ1v) is 14.1. The molecule has 0 aromatic rings. The molecule has 0 saturated heterocycles. The van der Waals surface area contributed by atoms with Crippen molar-refractivity contribution in [1.29, 1.82) is 0 Å². The third kappa shape index (κ3) is 3.63. The number of hydrogen-bond donors (Lipinski definition) is 0. The van der Waals surface area contributed by atoms with Crippen LogP contribution in [0.5, 0.6) is 0 Å². The molecule has 11 atom stereocenters. The molecule has 30 heavy (non-hydrogen) atoms. The predicted molar refractivity (Wildman–Crippen MR) is 131 cm³/mol. The highest BCUT2D eigenvalue weighted by Gasteiger charge is 2.59. The maximum atomic E-state index is 2.75. The van der Waals surface area contributed by atoms with Crippen molar-refractivity contribution in [2.75, 3.05) is 0 Å². The second kappa shape index (κ2) is 8.41. The minimum Gasteiger partial charge on any atom is -0.0625 e. The summed E-state index contributed by atoms with van der Waals surface area (Å²) in [6, 6.07) is 0. The summed E-state index contributed by atoms with van der Waals surface area (Å²) in [7, 11) is 0. The first-order chi connectivity index (χ1) is 14.1. The van der Waals surface area contributed by atoms with Gasteiger partial charge in [-0.15, -0.1) is 0 Å². The van der Waals surface area contributed by atoms with Crippen LogP contribution in [0.4, 0.5) is 0 Å². The lowest BCUT2D eigenvalue weighted by atomic mass is 9.45. The van der Waals surface area contributed by atoms with E-state index in [0.29, 0.717) is 10.8 Å². The van der Waals surface area contributed by atoms with Crippen LogP contribution < -0.4 is 0 Å². The summed E-state index contributed by atoms with van der Waals surface area (Å²) in [5.41, 5.74) is 1.29. The van der Waals surface area contributed by atoms with E-state index in [1.54, 1.807) is 38.5 Å². The lowest BCUT2D eigenvalue weighted by Crippen LogP contribution is -2.53. The molecule has 0 aromatic carbocycles. The van der Waals surface area contributed by atoms with Crippen molar-refractivity contribution >= 4 is 0 Å². The summed E-state index contributed by atoms with van der Waals surface area (Å²) < 4.78 is 0. The van der Waals surface area contributed by atoms with Crippen molar-refractivity contribution in [1.82, 2.24) is 0 Å². The fourth-order valence-corrected chi connectivity index (χ4v) is 10.1. The molecule has 4 aliphatic rings. The van der Waals surface area contributed by atoms with E-state index in [1.165, 1.54) is 25.7 Å². The van der Waals surface area contributed by atoms with Crippen molar-refractivity contribution in [2.24, 2.45) is 70.0 Å². The molecule has 0 spiro atoms. The van der Waals surface area contributed by atoms with Gasteiger partial charge in [-0.25, -0.2) is 0 Å². The molecule has 0 nitrogen and oxygen atoms in total. The molecule has 0 bridgehead atoms. The van der Waals surface area contributed by atoms with Gasteiger partial charge in [-0.2, -0.15) is 0 Å². The van der Waals surface area contributed by atoms with Crippen molar-refractivity contribution in [3.8, 4) is 0 Å². The Morgan fingerprint density at radius 3 is 2.07 bits per heavy atom. The van der Waals surface area contributed by atoms with Crippen LogP contribution in [0.15, 0.2) is 0 Å². The highest BCUT2D eigenvalue weighted by molar-refractivity contribution is 5.08. The van der Waals surface area contributed by atoms with E-state index < -0.39 is 0 Å². The Labute approximate surface area is 189 Å². The van der Waals surface area contributed by atoms with E-state index in [9.17, 15) is 0 Å². The average molecular weight is 415 g/mol. The summed E-state index contributed by atoms with van der Waals surface area (Å²) in [5, 5.41) is 0. The summed E-state index contributed by atoms with van der Waals surface area (Å²) in [6.45, 7) is 20.6. The standard InChI is InChI=1S/C30H54/c1-19(2)23(6)21(4)18-22(5)29(7)17-15-25-24-11-12-26-20(3)10-9-16-30(26,8)28(24)14-13-27(25)29/h19-28H,9-18H2,1-8H3/t20-,21-,22+,23?,24?,25?,26?,27?,28?,29-,30-/m0/s1. The molecule has 174 valence electrons. The molecule has 4 fully saturated rings. The highest BCUT2D eigenvalue weighted by Crippen LogP contribution is 2.67. The van der Waals surface area contributed by atoms with Crippen LogP contribution in [0.25, 0.3) is 0 Å². The van der Waals surface area contributed by atoms with Gasteiger partial charge in [0.15, 0.2) is 0 Å². The van der Waals surface area contributed by atoms with Gasteiger partial charge in [0, 0.05) is 0 Å². The third-order valence-corrected chi connectivity index (χ3v) is 12.6. The number of fused-ring (bicyclic) bond motifs is 5. The topological polar surface area (TPSA) is 0 Å². The van der Waals surface area contributed by atoms with Crippen molar-refractivity contribution in [3.05, 3.63) is 0 Å². The maximum Gasteiger partial charge on any atom is -0.0264 e. The first-order valence-electron chi connectivity index (χ1n) is 14.1. The Balaban J connectivity index is 1.48. The molecular weight excluding hydrogens is 360 g/mol. The smallest absolute Gasteiger partial charge is 0.0264 e. The minimum absolute atomic E-state index is 0.609. The van der Waals surface area contributed by atoms with Gasteiger partial charge in [0.1, 0.15) is 0 Å². The fraction of sp³-hybridized carbons (Fsp3) is 1.00. The molecule has 4 aliphatic carbocycles. The lowest BCUT2D eigenvalue weighted by molar-refractivity contribution is -0.112. The first kappa shape index (κ1) is 23.2. The van der Waals surface area contributed by atoms with Gasteiger partial charge >= 0.3 is 0 Å². The molecule has 4 saturated carbocycles. The van der Waals surface area contributed by atoms with E-state index in [4.69, 9.17) is 0 Å². The van der Waals surface area contributed by atoms with Crippen LogP contribution in [0.3, 0.4) is 0 Å². The Kier molecular flexibility index (Phi) is 6.49. The quantitative estimate of drug-likeness (QED) is 0.420. The molecule has 0 amide bonds. The van der Waals surface area contributed by atoms with Crippen LogP contribution in [0.1, 0.15) is 120 Å². The van der Waals surface area contributed by atoms with E-state index in [1.807, 2.05) is 0 Å². The van der Waals surface area contributed by atoms with E-state index in [-0.39, 0.29) is 0 Å². The highest BCUT2D eigenvalue weighted by atomic mass is 14.6. The van der Waals surface area contributed by atoms with Crippen molar-refractivity contribution in [3.63, 3.8) is 0 Å². The zero-order valence-electron chi connectivity index (χ0n) is 21.8. The van der Waals surface area contributed by atoms with Gasteiger partial charge in [0.05, 0.1) is 0 Å². The summed E-state index contributed by atoms with van der Waals surface area (Å²) in [6.07, 6.45) is 15.3. The molecule has 0 heterocycles. The number of hydrogen-bond acceptors (Lipinski definition) is 0. The largest absolute Gasteiger partial charge is 0.0625 e. The van der Waals surface area contributed by atoms with E-state index >= 15 is 0 Å². The van der Waals surface area contributed by atoms with Gasteiger partial charge in [-0.05, 0) is 121 Å². The lowest BCUT2D eigenvalue weighted by Gasteiger charge is -2.60. The summed E-state index contributed by atoms with van der Waals surface area (Å²) in [4.78, 5) is 0. The maximum absolute atomic E-state index is 2.75. The van der Waals surface area contributed by atoms with Gasteiger partial charge < -0.3 is 0 Å². The molecule has 0 aromatic heterocycles. The van der Waals surface area contributed by atoms with Crippen LogP contribution in [0.2, 0.25) is 0 Å². The van der Waals surface area contributed by atoms with Crippen LogP contribution in [0, 0.1) is 70.0 Å². The average Bonchev–Trinajstić information content (AvgIpc) is 3.05. The van der Waals surface area contributed by atoms with Crippen LogP contribution in [-0.2, 0) is 0 Å². The fourth-order valence-electron chi connectivity index (χ4n) is 10.1. The minimum atomic E-state index is 0.609. The Bertz CT molecular complexity index is 591. The second-order valence-corrected chi connectivity index (χ2v) is 13.9. The Morgan fingerprint density at radius 2 is 1.37 bits per heavy atom. The Morgan fingerprint density at radius 1 is 0.733 bits per heavy atom. The molecule has 0 radical (unpaired) electrons. The number of rotatable bonds is 5. The molecule has 0 heteroatoms. The molecule has 4 rings (SSSR count). The van der Waals surface area contributed by atoms with Gasteiger partial charge in [-0.1, -0.05) is 68.2 Å². The monoisotopic (exact) mass is 414 g/mol. The van der Waals surface area contributed by atoms with Crippen molar-refractivity contribution < 1.29 is 0 Å². The van der Waals surface area contributed by atoms with Crippen LogP contribution >= 0.6 is 0 Å². The predicted octanol–water partition coefficient (Wildman–Crippen LogP) is 9.24.